The van der Waals surface area contributed by atoms with Crippen LogP contribution in [0.2, 0.25) is 0 Å². The Hall–Kier alpha value is -2.00. The molecule has 1 aliphatic heterocycles. The number of aromatic nitrogens is 2. The van der Waals surface area contributed by atoms with Crippen LogP contribution in [0, 0.1) is 5.92 Å². The summed E-state index contributed by atoms with van der Waals surface area (Å²) in [5.41, 5.74) is 1.08. The highest BCUT2D eigenvalue weighted by Gasteiger charge is 2.26. The van der Waals surface area contributed by atoms with Crippen molar-refractivity contribution in [1.29, 1.82) is 0 Å². The monoisotopic (exact) mass is 437 g/mol. The lowest BCUT2D eigenvalue weighted by Crippen LogP contribution is -2.40. The number of carbonyl (C=O) groups excluding carboxylic acids is 2. The molecule has 2 aromatic rings. The van der Waals surface area contributed by atoms with E-state index in [1.807, 2.05) is 24.3 Å². The molecule has 0 aliphatic carbocycles. The van der Waals surface area contributed by atoms with Crippen molar-refractivity contribution in [2.75, 3.05) is 23.3 Å². The van der Waals surface area contributed by atoms with Crippen LogP contribution in [0.5, 0.6) is 0 Å². The van der Waals surface area contributed by atoms with Crippen molar-refractivity contribution in [2.45, 2.75) is 26.3 Å². The van der Waals surface area contributed by atoms with Gasteiger partial charge in [0.05, 0.1) is 0 Å². The molecule has 0 unspecified atom stereocenters. The Balaban J connectivity index is 1.46. The molecule has 1 aromatic heterocycles. The van der Waals surface area contributed by atoms with Gasteiger partial charge in [-0.3, -0.25) is 14.9 Å². The molecule has 1 fully saturated rings. The molecule has 3 rings (SSSR count). The van der Waals surface area contributed by atoms with E-state index in [0.29, 0.717) is 12.5 Å². The Morgan fingerprint density at radius 1 is 1.27 bits per heavy atom. The van der Waals surface area contributed by atoms with Crippen LogP contribution in [-0.4, -0.2) is 34.3 Å². The van der Waals surface area contributed by atoms with Gasteiger partial charge in [0.25, 0.3) is 0 Å². The average molecular weight is 438 g/mol. The third kappa shape index (κ3) is 5.01. The number of nitrogens with zero attached hydrogens (tertiary/aromatic N) is 3. The van der Waals surface area contributed by atoms with E-state index in [4.69, 9.17) is 0 Å². The van der Waals surface area contributed by atoms with Gasteiger partial charge in [-0.05, 0) is 30.5 Å². The predicted octanol–water partition coefficient (Wildman–Crippen LogP) is 2.79. The van der Waals surface area contributed by atoms with E-state index < -0.39 is 0 Å². The number of halogens is 1. The number of carbonyl (C=O) groups is 2. The number of rotatable bonds is 5. The fraction of sp³-hybridized carbons (Fsp3) is 0.412. The minimum Gasteiger partial charge on any atom is -0.352 e. The standard InChI is InChI=1S/C17H20BrN5O2S/c1-11(24)20-16-21-17(26-22-16)23-8-6-13(7-9-23)15(25)19-10-12-2-4-14(18)5-3-12/h2-5,13H,6-10H2,1H3,(H,19,25)(H,20,22,24). The second-order valence-corrected chi connectivity index (χ2v) is 7.83. The van der Waals surface area contributed by atoms with Gasteiger partial charge in [-0.1, -0.05) is 28.1 Å². The molecule has 26 heavy (non-hydrogen) atoms. The smallest absolute Gasteiger partial charge is 0.243 e. The highest BCUT2D eigenvalue weighted by Crippen LogP contribution is 2.26. The molecule has 1 saturated heterocycles. The topological polar surface area (TPSA) is 87.2 Å². The van der Waals surface area contributed by atoms with Crippen molar-refractivity contribution >= 4 is 50.4 Å². The Bertz CT molecular complexity index is 772. The van der Waals surface area contributed by atoms with E-state index in [-0.39, 0.29) is 17.7 Å². The number of anilines is 2. The van der Waals surface area contributed by atoms with Crippen LogP contribution in [0.3, 0.4) is 0 Å². The van der Waals surface area contributed by atoms with Crippen molar-refractivity contribution < 1.29 is 9.59 Å². The number of hydrogen-bond donors (Lipinski definition) is 2. The summed E-state index contributed by atoms with van der Waals surface area (Å²) in [6.45, 7) is 3.48. The maximum absolute atomic E-state index is 12.4. The first-order valence-electron chi connectivity index (χ1n) is 8.39. The van der Waals surface area contributed by atoms with E-state index in [2.05, 4.69) is 40.8 Å². The van der Waals surface area contributed by atoms with Gasteiger partial charge in [0.15, 0.2) is 0 Å². The molecule has 0 radical (unpaired) electrons. The second kappa shape index (κ2) is 8.59. The van der Waals surface area contributed by atoms with Gasteiger partial charge in [0.2, 0.25) is 22.9 Å². The first-order valence-corrected chi connectivity index (χ1v) is 9.96. The van der Waals surface area contributed by atoms with E-state index >= 15 is 0 Å². The van der Waals surface area contributed by atoms with Crippen molar-refractivity contribution in [1.82, 2.24) is 14.7 Å². The Kier molecular flexibility index (Phi) is 6.20. The number of hydrogen-bond acceptors (Lipinski definition) is 6. The minimum absolute atomic E-state index is 0.0180. The SMILES string of the molecule is CC(=O)Nc1nsc(N2CCC(C(=O)NCc3ccc(Br)cc3)CC2)n1. The van der Waals surface area contributed by atoms with Gasteiger partial charge in [-0.15, -0.1) is 0 Å². The molecule has 0 bridgehead atoms. The van der Waals surface area contributed by atoms with Crippen LogP contribution < -0.4 is 15.5 Å². The lowest BCUT2D eigenvalue weighted by molar-refractivity contribution is -0.125. The summed E-state index contributed by atoms with van der Waals surface area (Å²) in [5, 5.41) is 6.39. The maximum Gasteiger partial charge on any atom is 0.243 e. The summed E-state index contributed by atoms with van der Waals surface area (Å²) >= 11 is 4.67. The third-order valence-electron chi connectivity index (χ3n) is 4.22. The Morgan fingerprint density at radius 3 is 2.62 bits per heavy atom. The molecule has 138 valence electrons. The third-order valence-corrected chi connectivity index (χ3v) is 5.53. The largest absolute Gasteiger partial charge is 0.352 e. The van der Waals surface area contributed by atoms with Crippen LogP contribution >= 0.6 is 27.5 Å². The van der Waals surface area contributed by atoms with Crippen LogP contribution in [0.1, 0.15) is 25.3 Å². The Morgan fingerprint density at radius 2 is 1.96 bits per heavy atom. The van der Waals surface area contributed by atoms with E-state index in [1.54, 1.807) is 0 Å². The van der Waals surface area contributed by atoms with Crippen molar-refractivity contribution in [3.8, 4) is 0 Å². The average Bonchev–Trinajstić information content (AvgIpc) is 3.09. The molecule has 2 amide bonds. The molecule has 1 aromatic carbocycles. The van der Waals surface area contributed by atoms with Gasteiger partial charge in [0, 0.05) is 48.5 Å². The highest BCUT2D eigenvalue weighted by atomic mass is 79.9. The molecular formula is C17H20BrN5O2S. The number of benzene rings is 1. The summed E-state index contributed by atoms with van der Waals surface area (Å²) in [5.74, 6) is 0.274. The fourth-order valence-electron chi connectivity index (χ4n) is 2.82. The lowest BCUT2D eigenvalue weighted by Gasteiger charge is -2.30. The molecule has 2 heterocycles. The summed E-state index contributed by atoms with van der Waals surface area (Å²) in [7, 11) is 0. The number of piperidine rings is 1. The molecule has 7 nitrogen and oxygen atoms in total. The van der Waals surface area contributed by atoms with Crippen LogP contribution in [-0.2, 0) is 16.1 Å². The summed E-state index contributed by atoms with van der Waals surface area (Å²) in [6.07, 6.45) is 1.56. The second-order valence-electron chi connectivity index (χ2n) is 6.19. The zero-order chi connectivity index (χ0) is 18.5. The zero-order valence-electron chi connectivity index (χ0n) is 14.4. The normalized spacial score (nSPS) is 14.9. The van der Waals surface area contributed by atoms with Crippen LogP contribution in [0.4, 0.5) is 11.1 Å². The molecule has 1 aliphatic rings. The maximum atomic E-state index is 12.4. The fourth-order valence-corrected chi connectivity index (χ4v) is 3.77. The first kappa shape index (κ1) is 18.8. The van der Waals surface area contributed by atoms with Gasteiger partial charge >= 0.3 is 0 Å². The number of nitrogens with one attached hydrogen (secondary N) is 2. The van der Waals surface area contributed by atoms with Crippen molar-refractivity contribution in [3.63, 3.8) is 0 Å². The molecular weight excluding hydrogens is 418 g/mol. The highest BCUT2D eigenvalue weighted by molar-refractivity contribution is 9.10. The predicted molar refractivity (Wildman–Crippen MR) is 105 cm³/mol. The van der Waals surface area contributed by atoms with Crippen LogP contribution in [0.25, 0.3) is 0 Å². The van der Waals surface area contributed by atoms with Gasteiger partial charge in [0.1, 0.15) is 0 Å². The van der Waals surface area contributed by atoms with Gasteiger partial charge in [-0.25, -0.2) is 0 Å². The quantitative estimate of drug-likeness (QED) is 0.750. The van der Waals surface area contributed by atoms with Gasteiger partial charge in [-0.2, -0.15) is 9.36 Å². The van der Waals surface area contributed by atoms with Gasteiger partial charge < -0.3 is 10.2 Å². The molecule has 2 N–H and O–H groups in total. The van der Waals surface area contributed by atoms with E-state index in [9.17, 15) is 9.59 Å². The van der Waals surface area contributed by atoms with E-state index in [0.717, 1.165) is 41.1 Å². The van der Waals surface area contributed by atoms with Crippen LogP contribution in [0.15, 0.2) is 28.7 Å². The number of amides is 2. The van der Waals surface area contributed by atoms with E-state index in [1.165, 1.54) is 18.5 Å². The van der Waals surface area contributed by atoms with Crippen molar-refractivity contribution in [2.24, 2.45) is 5.92 Å². The minimum atomic E-state index is -0.185. The summed E-state index contributed by atoms with van der Waals surface area (Å²) in [4.78, 5) is 29.9. The molecule has 0 atom stereocenters. The molecule has 0 spiro atoms. The summed E-state index contributed by atoms with van der Waals surface area (Å²) in [6, 6.07) is 7.93. The summed E-state index contributed by atoms with van der Waals surface area (Å²) < 4.78 is 5.16. The van der Waals surface area contributed by atoms with Crippen molar-refractivity contribution in [3.05, 3.63) is 34.3 Å². The Labute approximate surface area is 164 Å². The first-order chi connectivity index (χ1) is 12.5. The molecule has 9 heteroatoms. The lowest BCUT2D eigenvalue weighted by atomic mass is 9.96. The zero-order valence-corrected chi connectivity index (χ0v) is 16.8. The molecule has 0 saturated carbocycles.